The Morgan fingerprint density at radius 3 is 3.00 bits per heavy atom. The monoisotopic (exact) mass is 258 g/mol. The summed E-state index contributed by atoms with van der Waals surface area (Å²) in [6, 6.07) is 2.03. The van der Waals surface area contributed by atoms with Crippen molar-refractivity contribution in [3.63, 3.8) is 0 Å². The minimum Gasteiger partial charge on any atom is -0.472 e. The molecule has 1 saturated heterocycles. The number of carbonyl (C=O) groups excluding carboxylic acids is 1. The van der Waals surface area contributed by atoms with Gasteiger partial charge in [0.1, 0.15) is 6.26 Å². The Labute approximate surface area is 108 Å². The minimum atomic E-state index is 0. The summed E-state index contributed by atoms with van der Waals surface area (Å²) >= 11 is 0. The topological polar surface area (TPSA) is 59.5 Å². The third kappa shape index (κ3) is 3.23. The first kappa shape index (κ1) is 14.1. The van der Waals surface area contributed by atoms with Crippen molar-refractivity contribution in [2.75, 3.05) is 13.1 Å². The van der Waals surface area contributed by atoms with E-state index < -0.39 is 0 Å². The fourth-order valence-electron chi connectivity index (χ4n) is 2.31. The van der Waals surface area contributed by atoms with Crippen molar-refractivity contribution in [3.8, 4) is 0 Å². The highest BCUT2D eigenvalue weighted by Crippen LogP contribution is 2.21. The lowest BCUT2D eigenvalue weighted by Crippen LogP contribution is -2.44. The first-order valence-electron chi connectivity index (χ1n) is 5.86. The first-order chi connectivity index (χ1) is 7.83. The average molecular weight is 259 g/mol. The second-order valence-corrected chi connectivity index (χ2v) is 4.24. The molecule has 5 heteroatoms. The molecule has 1 aliphatic heterocycles. The molecule has 1 fully saturated rings. The van der Waals surface area contributed by atoms with Crippen molar-refractivity contribution in [1.29, 1.82) is 0 Å². The molecule has 0 aromatic carbocycles. The maximum absolute atomic E-state index is 12.2. The van der Waals surface area contributed by atoms with E-state index in [9.17, 15) is 4.79 Å². The van der Waals surface area contributed by atoms with E-state index in [0.29, 0.717) is 18.2 Å². The maximum atomic E-state index is 12.2. The number of piperidine rings is 1. The van der Waals surface area contributed by atoms with Crippen LogP contribution in [-0.4, -0.2) is 29.9 Å². The molecule has 2 heterocycles. The van der Waals surface area contributed by atoms with Crippen molar-refractivity contribution >= 4 is 18.3 Å². The van der Waals surface area contributed by atoms with Gasteiger partial charge in [0.15, 0.2) is 0 Å². The molecule has 2 rings (SSSR count). The highest BCUT2D eigenvalue weighted by atomic mass is 35.5. The normalized spacial score (nSPS) is 19.8. The van der Waals surface area contributed by atoms with Gasteiger partial charge in [0.2, 0.25) is 0 Å². The molecule has 1 atom stereocenters. The second-order valence-electron chi connectivity index (χ2n) is 4.24. The third-order valence-electron chi connectivity index (χ3n) is 3.16. The van der Waals surface area contributed by atoms with Crippen LogP contribution in [0.5, 0.6) is 0 Å². The van der Waals surface area contributed by atoms with Crippen molar-refractivity contribution in [3.05, 3.63) is 24.2 Å². The molecular formula is C12H19ClN2O2. The molecule has 0 saturated carbocycles. The first-order valence-corrected chi connectivity index (χ1v) is 5.86. The van der Waals surface area contributed by atoms with E-state index in [4.69, 9.17) is 10.2 Å². The van der Waals surface area contributed by atoms with Gasteiger partial charge in [0.25, 0.3) is 5.91 Å². The summed E-state index contributed by atoms with van der Waals surface area (Å²) in [5, 5.41) is 0. The largest absolute Gasteiger partial charge is 0.472 e. The lowest BCUT2D eigenvalue weighted by atomic mass is 9.98. The Morgan fingerprint density at radius 1 is 1.53 bits per heavy atom. The standard InChI is InChI=1S/C12H18N2O2.ClH/c13-6-4-11-3-1-2-7-14(11)12(15)10-5-8-16-9-10;/h5,8-9,11H,1-4,6-7,13H2;1H. The summed E-state index contributed by atoms with van der Waals surface area (Å²) in [6.45, 7) is 1.48. The molecule has 0 aliphatic carbocycles. The Bertz CT molecular complexity index is 338. The zero-order valence-corrected chi connectivity index (χ0v) is 10.6. The van der Waals surface area contributed by atoms with E-state index in [2.05, 4.69) is 0 Å². The molecule has 96 valence electrons. The number of likely N-dealkylation sites (tertiary alicyclic amines) is 1. The number of carbonyl (C=O) groups is 1. The van der Waals surface area contributed by atoms with E-state index in [1.165, 1.54) is 18.9 Å². The minimum absolute atomic E-state index is 0. The Balaban J connectivity index is 0.00000144. The van der Waals surface area contributed by atoms with Gasteiger partial charge >= 0.3 is 0 Å². The third-order valence-corrected chi connectivity index (χ3v) is 3.16. The zero-order valence-electron chi connectivity index (χ0n) is 9.80. The lowest BCUT2D eigenvalue weighted by Gasteiger charge is -2.35. The predicted molar refractivity (Wildman–Crippen MR) is 68.3 cm³/mol. The summed E-state index contributed by atoms with van der Waals surface area (Å²) in [4.78, 5) is 14.1. The molecule has 4 nitrogen and oxygen atoms in total. The van der Waals surface area contributed by atoms with Gasteiger partial charge in [-0.25, -0.2) is 0 Å². The molecular weight excluding hydrogens is 240 g/mol. The summed E-state index contributed by atoms with van der Waals surface area (Å²) in [7, 11) is 0. The quantitative estimate of drug-likeness (QED) is 0.903. The van der Waals surface area contributed by atoms with Gasteiger partial charge in [-0.15, -0.1) is 12.4 Å². The van der Waals surface area contributed by atoms with Crippen LogP contribution in [0.15, 0.2) is 23.0 Å². The van der Waals surface area contributed by atoms with Crippen LogP contribution in [0.4, 0.5) is 0 Å². The predicted octanol–water partition coefficient (Wildman–Crippen LogP) is 2.04. The summed E-state index contributed by atoms with van der Waals surface area (Å²) in [6.07, 6.45) is 7.29. The molecule has 0 radical (unpaired) electrons. The Kier molecular flexibility index (Phi) is 5.51. The molecule has 1 amide bonds. The van der Waals surface area contributed by atoms with Gasteiger partial charge in [0, 0.05) is 12.6 Å². The number of nitrogens with zero attached hydrogens (tertiary/aromatic N) is 1. The second kappa shape index (κ2) is 6.67. The van der Waals surface area contributed by atoms with Crippen LogP contribution in [0.1, 0.15) is 36.0 Å². The fourth-order valence-corrected chi connectivity index (χ4v) is 2.31. The van der Waals surface area contributed by atoms with E-state index in [0.717, 1.165) is 25.8 Å². The van der Waals surface area contributed by atoms with Gasteiger partial charge in [-0.05, 0) is 38.3 Å². The van der Waals surface area contributed by atoms with E-state index >= 15 is 0 Å². The maximum Gasteiger partial charge on any atom is 0.257 e. The van der Waals surface area contributed by atoms with Crippen LogP contribution >= 0.6 is 12.4 Å². The molecule has 2 N–H and O–H groups in total. The van der Waals surface area contributed by atoms with Crippen LogP contribution < -0.4 is 5.73 Å². The highest BCUT2D eigenvalue weighted by molar-refractivity contribution is 5.94. The van der Waals surface area contributed by atoms with Crippen LogP contribution in [0.3, 0.4) is 0 Å². The molecule has 1 unspecified atom stereocenters. The van der Waals surface area contributed by atoms with Crippen molar-refractivity contribution in [2.24, 2.45) is 5.73 Å². The number of hydrogen-bond donors (Lipinski definition) is 1. The smallest absolute Gasteiger partial charge is 0.257 e. The highest BCUT2D eigenvalue weighted by Gasteiger charge is 2.27. The van der Waals surface area contributed by atoms with Crippen LogP contribution in [0.25, 0.3) is 0 Å². The molecule has 17 heavy (non-hydrogen) atoms. The average Bonchev–Trinajstić information content (AvgIpc) is 2.83. The molecule has 1 aliphatic rings. The molecule has 1 aromatic heterocycles. The summed E-state index contributed by atoms with van der Waals surface area (Å²) < 4.78 is 4.95. The molecule has 0 bridgehead atoms. The number of nitrogens with two attached hydrogens (primary N) is 1. The van der Waals surface area contributed by atoms with E-state index in [1.807, 2.05) is 4.90 Å². The van der Waals surface area contributed by atoms with Gasteiger partial charge in [-0.3, -0.25) is 4.79 Å². The van der Waals surface area contributed by atoms with Gasteiger partial charge < -0.3 is 15.1 Å². The Morgan fingerprint density at radius 2 is 2.35 bits per heavy atom. The van der Waals surface area contributed by atoms with Gasteiger partial charge in [-0.2, -0.15) is 0 Å². The molecule has 1 aromatic rings. The zero-order chi connectivity index (χ0) is 11.4. The van der Waals surface area contributed by atoms with Crippen molar-refractivity contribution in [2.45, 2.75) is 31.7 Å². The van der Waals surface area contributed by atoms with E-state index in [1.54, 1.807) is 6.07 Å². The number of halogens is 1. The fraction of sp³-hybridized carbons (Fsp3) is 0.583. The lowest BCUT2D eigenvalue weighted by molar-refractivity contribution is 0.0604. The van der Waals surface area contributed by atoms with Crippen LogP contribution in [0, 0.1) is 0 Å². The molecule has 0 spiro atoms. The number of hydrogen-bond acceptors (Lipinski definition) is 3. The van der Waals surface area contributed by atoms with Crippen LogP contribution in [-0.2, 0) is 0 Å². The van der Waals surface area contributed by atoms with Gasteiger partial charge in [0.05, 0.1) is 11.8 Å². The van der Waals surface area contributed by atoms with E-state index in [-0.39, 0.29) is 18.3 Å². The van der Waals surface area contributed by atoms with Gasteiger partial charge in [-0.1, -0.05) is 0 Å². The van der Waals surface area contributed by atoms with Crippen LogP contribution in [0.2, 0.25) is 0 Å². The van der Waals surface area contributed by atoms with Crippen molar-refractivity contribution < 1.29 is 9.21 Å². The number of amides is 1. The van der Waals surface area contributed by atoms with Crippen molar-refractivity contribution in [1.82, 2.24) is 4.90 Å². The number of rotatable bonds is 3. The number of furan rings is 1. The Hall–Kier alpha value is -1.00. The summed E-state index contributed by atoms with van der Waals surface area (Å²) in [5.41, 5.74) is 6.23. The SMILES string of the molecule is Cl.NCCC1CCCCN1C(=O)c1ccoc1. The summed E-state index contributed by atoms with van der Waals surface area (Å²) in [5.74, 6) is 0.0758.